The van der Waals surface area contributed by atoms with E-state index in [2.05, 4.69) is 20.5 Å². The molecule has 158 valence electrons. The Kier molecular flexibility index (Phi) is 5.11. The quantitative estimate of drug-likeness (QED) is 0.639. The first kappa shape index (κ1) is 19.3. The van der Waals surface area contributed by atoms with E-state index >= 15 is 0 Å². The zero-order valence-corrected chi connectivity index (χ0v) is 17.0. The van der Waals surface area contributed by atoms with E-state index in [0.29, 0.717) is 36.3 Å². The molecule has 1 fully saturated rings. The number of H-pyrrole nitrogens is 1. The molecular formula is C23H23N5O3. The molecule has 31 heavy (non-hydrogen) atoms. The van der Waals surface area contributed by atoms with Crippen molar-refractivity contribution in [3.8, 4) is 17.1 Å². The Morgan fingerprint density at radius 1 is 1.10 bits per heavy atom. The van der Waals surface area contributed by atoms with E-state index in [-0.39, 0.29) is 24.7 Å². The lowest BCUT2D eigenvalue weighted by atomic mass is 10.2. The Balaban J connectivity index is 1.15. The minimum absolute atomic E-state index is 0.0858. The van der Waals surface area contributed by atoms with Crippen LogP contribution in [-0.4, -0.2) is 40.1 Å². The van der Waals surface area contributed by atoms with E-state index in [0.717, 1.165) is 17.1 Å². The van der Waals surface area contributed by atoms with Gasteiger partial charge in [-0.05, 0) is 49.2 Å². The van der Waals surface area contributed by atoms with Crippen molar-refractivity contribution in [3.05, 3.63) is 54.4 Å². The standard InChI is InChI=1S/C23H23N5O3/c29-20(11-12-21(30)28-13-14-31-19-4-2-1-3-18(19)28)24-17-9-7-16(8-10-17)23-25-22(26-27-23)15-5-6-15/h1-4,7-10,15H,5-6,11-14H2,(H,24,29)(H,25,26,27). The van der Waals surface area contributed by atoms with Crippen molar-refractivity contribution >= 4 is 23.2 Å². The van der Waals surface area contributed by atoms with Crippen LogP contribution in [0.25, 0.3) is 11.4 Å². The van der Waals surface area contributed by atoms with Crippen LogP contribution in [0.5, 0.6) is 5.75 Å². The van der Waals surface area contributed by atoms with Crippen molar-refractivity contribution in [2.75, 3.05) is 23.4 Å². The highest BCUT2D eigenvalue weighted by atomic mass is 16.5. The second-order valence-corrected chi connectivity index (χ2v) is 7.81. The zero-order chi connectivity index (χ0) is 21.2. The summed E-state index contributed by atoms with van der Waals surface area (Å²) >= 11 is 0. The molecule has 1 aliphatic heterocycles. The van der Waals surface area contributed by atoms with Gasteiger partial charge in [0, 0.05) is 30.0 Å². The maximum absolute atomic E-state index is 12.6. The lowest BCUT2D eigenvalue weighted by molar-refractivity contribution is -0.122. The van der Waals surface area contributed by atoms with Gasteiger partial charge in [0.1, 0.15) is 18.2 Å². The number of aromatic amines is 1. The third-order valence-electron chi connectivity index (χ3n) is 5.49. The van der Waals surface area contributed by atoms with Crippen LogP contribution in [0.3, 0.4) is 0 Å². The normalized spacial score (nSPS) is 15.2. The molecule has 0 saturated heterocycles. The van der Waals surface area contributed by atoms with Crippen molar-refractivity contribution in [2.45, 2.75) is 31.6 Å². The summed E-state index contributed by atoms with van der Waals surface area (Å²) < 4.78 is 5.58. The van der Waals surface area contributed by atoms with Crippen molar-refractivity contribution in [1.29, 1.82) is 0 Å². The monoisotopic (exact) mass is 417 g/mol. The van der Waals surface area contributed by atoms with E-state index in [1.807, 2.05) is 48.5 Å². The number of hydrogen-bond donors (Lipinski definition) is 2. The molecular weight excluding hydrogens is 394 g/mol. The van der Waals surface area contributed by atoms with E-state index in [9.17, 15) is 9.59 Å². The molecule has 2 N–H and O–H groups in total. The van der Waals surface area contributed by atoms with E-state index in [4.69, 9.17) is 4.74 Å². The molecule has 2 amide bonds. The second kappa shape index (κ2) is 8.22. The molecule has 1 aliphatic carbocycles. The van der Waals surface area contributed by atoms with Crippen LogP contribution in [0.15, 0.2) is 48.5 Å². The minimum atomic E-state index is -0.198. The molecule has 0 unspecified atom stereocenters. The van der Waals surface area contributed by atoms with Gasteiger partial charge in [0.2, 0.25) is 11.8 Å². The second-order valence-electron chi connectivity index (χ2n) is 7.81. The molecule has 1 saturated carbocycles. The van der Waals surface area contributed by atoms with E-state index < -0.39 is 0 Å². The molecule has 2 heterocycles. The average Bonchev–Trinajstić information content (AvgIpc) is 3.54. The van der Waals surface area contributed by atoms with Gasteiger partial charge in [0.05, 0.1) is 12.2 Å². The Morgan fingerprint density at radius 2 is 1.90 bits per heavy atom. The molecule has 3 aromatic rings. The number of carbonyl (C=O) groups excluding carboxylic acids is 2. The summed E-state index contributed by atoms with van der Waals surface area (Å²) in [5.41, 5.74) is 2.32. The van der Waals surface area contributed by atoms with Crippen molar-refractivity contribution in [3.63, 3.8) is 0 Å². The number of nitrogens with one attached hydrogen (secondary N) is 2. The SMILES string of the molecule is O=C(CCC(=O)N1CCOc2ccccc21)Nc1ccc(-c2n[nH]c(C3CC3)n2)cc1. The van der Waals surface area contributed by atoms with Crippen LogP contribution in [-0.2, 0) is 9.59 Å². The minimum Gasteiger partial charge on any atom is -0.490 e. The number of ether oxygens (including phenoxy) is 1. The maximum atomic E-state index is 12.6. The highest BCUT2D eigenvalue weighted by Gasteiger charge is 2.27. The molecule has 1 aromatic heterocycles. The van der Waals surface area contributed by atoms with Gasteiger partial charge < -0.3 is 15.0 Å². The number of fused-ring (bicyclic) bond motifs is 1. The van der Waals surface area contributed by atoms with Crippen LogP contribution >= 0.6 is 0 Å². The van der Waals surface area contributed by atoms with Gasteiger partial charge in [-0.3, -0.25) is 14.7 Å². The fourth-order valence-electron chi connectivity index (χ4n) is 3.65. The first-order chi connectivity index (χ1) is 15.2. The van der Waals surface area contributed by atoms with Gasteiger partial charge in [-0.2, -0.15) is 5.10 Å². The van der Waals surface area contributed by atoms with Gasteiger partial charge in [-0.25, -0.2) is 4.98 Å². The zero-order valence-electron chi connectivity index (χ0n) is 17.0. The predicted octanol–water partition coefficient (Wildman–Crippen LogP) is 3.49. The van der Waals surface area contributed by atoms with Gasteiger partial charge in [0.25, 0.3) is 0 Å². The van der Waals surface area contributed by atoms with Gasteiger partial charge >= 0.3 is 0 Å². The summed E-state index contributed by atoms with van der Waals surface area (Å²) in [6, 6.07) is 14.8. The van der Waals surface area contributed by atoms with Crippen LogP contribution in [0, 0.1) is 0 Å². The van der Waals surface area contributed by atoms with Crippen molar-refractivity contribution < 1.29 is 14.3 Å². The summed E-state index contributed by atoms with van der Waals surface area (Å²) in [6.45, 7) is 0.941. The summed E-state index contributed by atoms with van der Waals surface area (Å²) in [7, 11) is 0. The van der Waals surface area contributed by atoms with Crippen LogP contribution in [0.1, 0.15) is 37.4 Å². The first-order valence-corrected chi connectivity index (χ1v) is 10.5. The summed E-state index contributed by atoms with van der Waals surface area (Å²) in [6.07, 6.45) is 2.59. The first-order valence-electron chi connectivity index (χ1n) is 10.5. The Morgan fingerprint density at radius 3 is 2.71 bits per heavy atom. The predicted molar refractivity (Wildman–Crippen MR) is 116 cm³/mol. The number of benzene rings is 2. The molecule has 0 spiro atoms. The molecule has 8 heteroatoms. The maximum Gasteiger partial charge on any atom is 0.227 e. The molecule has 8 nitrogen and oxygen atoms in total. The molecule has 0 radical (unpaired) electrons. The Labute approximate surface area is 179 Å². The Bertz CT molecular complexity index is 1100. The molecule has 0 bridgehead atoms. The van der Waals surface area contributed by atoms with Crippen LogP contribution < -0.4 is 15.0 Å². The number of rotatable bonds is 6. The molecule has 2 aromatic carbocycles. The largest absolute Gasteiger partial charge is 0.490 e. The third-order valence-corrected chi connectivity index (χ3v) is 5.49. The average molecular weight is 417 g/mol. The lowest BCUT2D eigenvalue weighted by Gasteiger charge is -2.29. The highest BCUT2D eigenvalue weighted by Crippen LogP contribution is 2.38. The highest BCUT2D eigenvalue weighted by molar-refractivity contribution is 5.99. The number of para-hydroxylation sites is 2. The Hall–Kier alpha value is -3.68. The van der Waals surface area contributed by atoms with Crippen molar-refractivity contribution in [1.82, 2.24) is 15.2 Å². The van der Waals surface area contributed by atoms with Crippen molar-refractivity contribution in [2.24, 2.45) is 0 Å². The summed E-state index contributed by atoms with van der Waals surface area (Å²) in [4.78, 5) is 31.2. The summed E-state index contributed by atoms with van der Waals surface area (Å²) in [5, 5.41) is 10.1. The smallest absolute Gasteiger partial charge is 0.227 e. The number of amides is 2. The fraction of sp³-hybridized carbons (Fsp3) is 0.304. The summed E-state index contributed by atoms with van der Waals surface area (Å²) in [5.74, 6) is 2.54. The topological polar surface area (TPSA) is 100 Å². The lowest BCUT2D eigenvalue weighted by Crippen LogP contribution is -2.38. The number of hydrogen-bond acceptors (Lipinski definition) is 5. The molecule has 0 atom stereocenters. The number of aromatic nitrogens is 3. The van der Waals surface area contributed by atoms with Crippen LogP contribution in [0.4, 0.5) is 11.4 Å². The van der Waals surface area contributed by atoms with E-state index in [1.54, 1.807) is 4.90 Å². The van der Waals surface area contributed by atoms with Gasteiger partial charge in [-0.15, -0.1) is 0 Å². The van der Waals surface area contributed by atoms with Gasteiger partial charge in [0.15, 0.2) is 5.82 Å². The molecule has 5 rings (SSSR count). The van der Waals surface area contributed by atoms with Gasteiger partial charge in [-0.1, -0.05) is 12.1 Å². The molecule has 2 aliphatic rings. The fourth-order valence-corrected chi connectivity index (χ4v) is 3.65. The third kappa shape index (κ3) is 4.28. The number of anilines is 2. The number of carbonyl (C=O) groups is 2. The van der Waals surface area contributed by atoms with Crippen LogP contribution in [0.2, 0.25) is 0 Å². The number of nitrogens with zero attached hydrogens (tertiary/aromatic N) is 3. The van der Waals surface area contributed by atoms with E-state index in [1.165, 1.54) is 12.8 Å².